The molecule has 2 aliphatic rings. The lowest BCUT2D eigenvalue weighted by Crippen LogP contribution is -2.54. The molecule has 0 spiro atoms. The molecule has 1 atom stereocenters. The Hall–Kier alpha value is -2.15. The van der Waals surface area contributed by atoms with Gasteiger partial charge in [-0.3, -0.25) is 14.9 Å². The molecular weight excluding hydrogens is 296 g/mol. The minimum atomic E-state index is -0.377. The van der Waals surface area contributed by atoms with Crippen LogP contribution < -0.4 is 10.2 Å². The van der Waals surface area contributed by atoms with Gasteiger partial charge in [-0.2, -0.15) is 0 Å². The number of benzene rings is 1. The summed E-state index contributed by atoms with van der Waals surface area (Å²) < 4.78 is 0. The number of amides is 1. The Kier molecular flexibility index (Phi) is 4.47. The van der Waals surface area contributed by atoms with Crippen molar-refractivity contribution in [1.82, 2.24) is 10.2 Å². The van der Waals surface area contributed by atoms with Gasteiger partial charge in [0.15, 0.2) is 0 Å². The van der Waals surface area contributed by atoms with E-state index in [1.54, 1.807) is 12.1 Å². The van der Waals surface area contributed by atoms with Crippen LogP contribution in [0, 0.1) is 22.0 Å². The molecule has 0 radical (unpaired) electrons. The number of non-ortho nitro benzene ring substituents is 1. The van der Waals surface area contributed by atoms with Crippen LogP contribution in [0.5, 0.6) is 0 Å². The number of nitrogens with one attached hydrogen (secondary N) is 1. The first kappa shape index (κ1) is 15.7. The number of hydrogen-bond acceptors (Lipinski definition) is 5. The minimum absolute atomic E-state index is 0.0700. The van der Waals surface area contributed by atoms with Gasteiger partial charge >= 0.3 is 0 Å². The van der Waals surface area contributed by atoms with Gasteiger partial charge in [0, 0.05) is 49.9 Å². The van der Waals surface area contributed by atoms with Crippen LogP contribution in [0.25, 0.3) is 0 Å². The smallest absolute Gasteiger partial charge is 0.271 e. The zero-order valence-corrected chi connectivity index (χ0v) is 13.3. The average Bonchev–Trinajstić information content (AvgIpc) is 2.52. The molecule has 2 heterocycles. The molecule has 2 saturated heterocycles. The highest BCUT2D eigenvalue weighted by molar-refractivity contribution is 5.79. The highest BCUT2D eigenvalue weighted by Crippen LogP contribution is 2.24. The Morgan fingerprint density at radius 1 is 1.30 bits per heavy atom. The molecule has 2 fully saturated rings. The third-order valence-electron chi connectivity index (χ3n) is 4.91. The fourth-order valence-corrected chi connectivity index (χ4v) is 3.14. The van der Waals surface area contributed by atoms with Crippen molar-refractivity contribution in [3.63, 3.8) is 0 Å². The molecule has 0 aliphatic carbocycles. The van der Waals surface area contributed by atoms with E-state index in [-0.39, 0.29) is 22.4 Å². The van der Waals surface area contributed by atoms with Crippen LogP contribution in [0.3, 0.4) is 0 Å². The summed E-state index contributed by atoms with van der Waals surface area (Å²) in [5.74, 6) is 0.758. The number of anilines is 1. The number of rotatable bonds is 4. The second-order valence-corrected chi connectivity index (χ2v) is 6.30. The molecule has 1 unspecified atom stereocenters. The van der Waals surface area contributed by atoms with E-state index in [4.69, 9.17) is 0 Å². The third kappa shape index (κ3) is 3.29. The molecule has 0 aromatic heterocycles. The second-order valence-electron chi connectivity index (χ2n) is 6.30. The zero-order chi connectivity index (χ0) is 16.4. The van der Waals surface area contributed by atoms with Crippen LogP contribution in [0.4, 0.5) is 11.4 Å². The Labute approximate surface area is 135 Å². The monoisotopic (exact) mass is 318 g/mol. The number of carbonyl (C=O) groups excluding carboxylic acids is 1. The molecule has 124 valence electrons. The van der Waals surface area contributed by atoms with E-state index in [0.29, 0.717) is 32.1 Å². The number of hydrogen-bond donors (Lipinski definition) is 1. The molecule has 1 aromatic carbocycles. The fourth-order valence-electron chi connectivity index (χ4n) is 3.14. The molecule has 2 aliphatic heterocycles. The van der Waals surface area contributed by atoms with Gasteiger partial charge < -0.3 is 15.1 Å². The van der Waals surface area contributed by atoms with Crippen molar-refractivity contribution in [2.75, 3.05) is 44.2 Å². The lowest BCUT2D eigenvalue weighted by atomic mass is 9.88. The number of nitro groups is 1. The quantitative estimate of drug-likeness (QED) is 0.664. The lowest BCUT2D eigenvalue weighted by Gasteiger charge is -2.39. The summed E-state index contributed by atoms with van der Waals surface area (Å²) >= 11 is 0. The first-order valence-corrected chi connectivity index (χ1v) is 8.05. The number of piperazine rings is 1. The minimum Gasteiger partial charge on any atom is -0.368 e. The maximum Gasteiger partial charge on any atom is 0.271 e. The average molecular weight is 318 g/mol. The van der Waals surface area contributed by atoms with Gasteiger partial charge in [-0.05, 0) is 25.1 Å². The molecule has 1 aromatic rings. The number of carbonyl (C=O) groups is 1. The van der Waals surface area contributed by atoms with Crippen LogP contribution >= 0.6 is 0 Å². The summed E-state index contributed by atoms with van der Waals surface area (Å²) in [7, 11) is 0. The maximum atomic E-state index is 12.5. The van der Waals surface area contributed by atoms with Gasteiger partial charge in [0.2, 0.25) is 5.91 Å². The fraction of sp³-hybridized carbons (Fsp3) is 0.562. The lowest BCUT2D eigenvalue weighted by molar-refractivity contribution is -0.384. The van der Waals surface area contributed by atoms with Crippen LogP contribution in [0.1, 0.15) is 6.92 Å². The van der Waals surface area contributed by atoms with Gasteiger partial charge in [-0.25, -0.2) is 0 Å². The van der Waals surface area contributed by atoms with Crippen molar-refractivity contribution in [3.05, 3.63) is 34.4 Å². The standard InChI is InChI=1S/C16H22N4O3/c1-12(13-10-17-11-13)16(21)19-7-5-18(6-8-19)14-3-2-4-15(9-14)20(22)23/h2-4,9,12-13,17H,5-8,10-11H2,1H3. The number of nitrogens with zero attached hydrogens (tertiary/aromatic N) is 3. The Morgan fingerprint density at radius 2 is 2.00 bits per heavy atom. The topological polar surface area (TPSA) is 78.7 Å². The molecule has 3 rings (SSSR count). The predicted octanol–water partition coefficient (Wildman–Crippen LogP) is 1.10. The van der Waals surface area contributed by atoms with Gasteiger partial charge in [0.05, 0.1) is 4.92 Å². The first-order chi connectivity index (χ1) is 11.1. The largest absolute Gasteiger partial charge is 0.368 e. The second kappa shape index (κ2) is 6.54. The SMILES string of the molecule is CC(C(=O)N1CCN(c2cccc([N+](=O)[O-])c2)CC1)C1CNC1. The summed E-state index contributed by atoms with van der Waals surface area (Å²) in [6.07, 6.45) is 0. The van der Waals surface area contributed by atoms with Crippen molar-refractivity contribution >= 4 is 17.3 Å². The molecule has 0 saturated carbocycles. The highest BCUT2D eigenvalue weighted by atomic mass is 16.6. The number of nitro benzene ring substituents is 1. The molecule has 23 heavy (non-hydrogen) atoms. The first-order valence-electron chi connectivity index (χ1n) is 8.05. The van der Waals surface area contributed by atoms with Crippen LogP contribution in [0.2, 0.25) is 0 Å². The van der Waals surface area contributed by atoms with Gasteiger partial charge in [-0.15, -0.1) is 0 Å². The summed E-state index contributed by atoms with van der Waals surface area (Å²) in [4.78, 5) is 27.0. The predicted molar refractivity (Wildman–Crippen MR) is 87.4 cm³/mol. The Morgan fingerprint density at radius 3 is 2.57 bits per heavy atom. The molecule has 1 N–H and O–H groups in total. The van der Waals surface area contributed by atoms with E-state index in [2.05, 4.69) is 10.2 Å². The van der Waals surface area contributed by atoms with Crippen LogP contribution in [-0.2, 0) is 4.79 Å². The molecular formula is C16H22N4O3. The van der Waals surface area contributed by atoms with Crippen molar-refractivity contribution in [3.8, 4) is 0 Å². The van der Waals surface area contributed by atoms with Crippen molar-refractivity contribution < 1.29 is 9.72 Å². The highest BCUT2D eigenvalue weighted by Gasteiger charge is 2.32. The van der Waals surface area contributed by atoms with Gasteiger partial charge in [-0.1, -0.05) is 13.0 Å². The van der Waals surface area contributed by atoms with E-state index in [1.807, 2.05) is 17.9 Å². The van der Waals surface area contributed by atoms with Crippen molar-refractivity contribution in [2.24, 2.45) is 11.8 Å². The zero-order valence-electron chi connectivity index (χ0n) is 13.3. The summed E-state index contributed by atoms with van der Waals surface area (Å²) in [6.45, 7) is 6.64. The summed E-state index contributed by atoms with van der Waals surface area (Å²) in [5.41, 5.74) is 0.953. The maximum absolute atomic E-state index is 12.5. The van der Waals surface area contributed by atoms with E-state index < -0.39 is 0 Å². The van der Waals surface area contributed by atoms with E-state index >= 15 is 0 Å². The van der Waals surface area contributed by atoms with E-state index in [9.17, 15) is 14.9 Å². The van der Waals surface area contributed by atoms with E-state index in [1.165, 1.54) is 6.07 Å². The van der Waals surface area contributed by atoms with Crippen molar-refractivity contribution in [1.29, 1.82) is 0 Å². The third-order valence-corrected chi connectivity index (χ3v) is 4.91. The molecule has 7 heteroatoms. The summed E-state index contributed by atoms with van der Waals surface area (Å²) in [6, 6.07) is 6.68. The normalized spacial score (nSPS) is 20.0. The van der Waals surface area contributed by atoms with Crippen molar-refractivity contribution in [2.45, 2.75) is 6.92 Å². The van der Waals surface area contributed by atoms with Gasteiger partial charge in [0.25, 0.3) is 5.69 Å². The molecule has 0 bridgehead atoms. The van der Waals surface area contributed by atoms with Crippen LogP contribution in [0.15, 0.2) is 24.3 Å². The summed E-state index contributed by atoms with van der Waals surface area (Å²) in [5, 5.41) is 14.1. The molecule has 7 nitrogen and oxygen atoms in total. The Bertz CT molecular complexity index is 595. The Balaban J connectivity index is 1.58. The van der Waals surface area contributed by atoms with Crippen LogP contribution in [-0.4, -0.2) is 55.0 Å². The van der Waals surface area contributed by atoms with Gasteiger partial charge in [0.1, 0.15) is 0 Å². The van der Waals surface area contributed by atoms with E-state index in [0.717, 1.165) is 18.8 Å². The molecule has 1 amide bonds.